The maximum atomic E-state index is 12.3. The highest BCUT2D eigenvalue weighted by Crippen LogP contribution is 2.51. The summed E-state index contributed by atoms with van der Waals surface area (Å²) in [4.78, 5) is 10.5. The lowest BCUT2D eigenvalue weighted by Gasteiger charge is -2.18. The Morgan fingerprint density at radius 2 is 1.86 bits per heavy atom. The lowest BCUT2D eigenvalue weighted by molar-refractivity contribution is -0.131. The van der Waals surface area contributed by atoms with E-state index in [0.717, 1.165) is 6.08 Å². The minimum atomic E-state index is -3.72. The standard InChI is InChI=1S/C14H19O7P/c1-4-19-22(17,20-5-2)21-12-8-6-11(7-9-14(15)16)10-13(12)18-3/h6-10H,4-5H2,1-3H3,(H,15,16). The molecule has 0 spiro atoms. The van der Waals surface area contributed by atoms with Crippen molar-refractivity contribution in [2.45, 2.75) is 13.8 Å². The Balaban J connectivity index is 3.04. The van der Waals surface area contributed by atoms with E-state index in [-0.39, 0.29) is 24.7 Å². The third-order valence-corrected chi connectivity index (χ3v) is 3.96. The maximum Gasteiger partial charge on any atom is 0.530 e. The van der Waals surface area contributed by atoms with Crippen LogP contribution in [0.3, 0.4) is 0 Å². The van der Waals surface area contributed by atoms with Gasteiger partial charge >= 0.3 is 13.8 Å². The molecule has 1 aromatic carbocycles. The summed E-state index contributed by atoms with van der Waals surface area (Å²) >= 11 is 0. The molecular weight excluding hydrogens is 311 g/mol. The van der Waals surface area contributed by atoms with Gasteiger partial charge in [0.15, 0.2) is 11.5 Å². The van der Waals surface area contributed by atoms with Gasteiger partial charge in [0.2, 0.25) is 0 Å². The van der Waals surface area contributed by atoms with Gasteiger partial charge in [0.1, 0.15) is 0 Å². The Bertz CT molecular complexity index is 573. The minimum Gasteiger partial charge on any atom is -0.493 e. The average Bonchev–Trinajstić information content (AvgIpc) is 2.46. The van der Waals surface area contributed by atoms with E-state index in [1.807, 2.05) is 0 Å². The largest absolute Gasteiger partial charge is 0.530 e. The molecule has 122 valence electrons. The predicted octanol–water partition coefficient (Wildman–Crippen LogP) is 3.35. The van der Waals surface area contributed by atoms with Crippen molar-refractivity contribution in [2.24, 2.45) is 0 Å². The Morgan fingerprint density at radius 1 is 1.23 bits per heavy atom. The molecule has 1 N–H and O–H groups in total. The van der Waals surface area contributed by atoms with Crippen LogP contribution in [0, 0.1) is 0 Å². The monoisotopic (exact) mass is 330 g/mol. The number of benzene rings is 1. The van der Waals surface area contributed by atoms with Crippen molar-refractivity contribution in [3.63, 3.8) is 0 Å². The maximum absolute atomic E-state index is 12.3. The summed E-state index contributed by atoms with van der Waals surface area (Å²) in [6.07, 6.45) is 2.40. The number of hydrogen-bond acceptors (Lipinski definition) is 6. The summed E-state index contributed by atoms with van der Waals surface area (Å²) in [6.45, 7) is 3.68. The number of aliphatic carboxylic acids is 1. The number of phosphoric ester groups is 1. The van der Waals surface area contributed by atoms with E-state index in [1.54, 1.807) is 26.0 Å². The molecule has 0 aliphatic rings. The van der Waals surface area contributed by atoms with Crippen molar-refractivity contribution in [1.82, 2.24) is 0 Å². The predicted molar refractivity (Wildman–Crippen MR) is 81.2 cm³/mol. The van der Waals surface area contributed by atoms with Crippen LogP contribution in [0.4, 0.5) is 0 Å². The van der Waals surface area contributed by atoms with E-state index < -0.39 is 13.8 Å². The topological polar surface area (TPSA) is 91.3 Å². The van der Waals surface area contributed by atoms with Crippen LogP contribution in [0.25, 0.3) is 6.08 Å². The quantitative estimate of drug-likeness (QED) is 0.548. The molecular formula is C14H19O7P. The second-order valence-electron chi connectivity index (χ2n) is 3.96. The fourth-order valence-corrected chi connectivity index (χ4v) is 2.76. The van der Waals surface area contributed by atoms with E-state index in [4.69, 9.17) is 23.4 Å². The Morgan fingerprint density at radius 3 is 2.36 bits per heavy atom. The highest BCUT2D eigenvalue weighted by Gasteiger charge is 2.28. The summed E-state index contributed by atoms with van der Waals surface area (Å²) in [6, 6.07) is 4.65. The van der Waals surface area contributed by atoms with Gasteiger partial charge in [-0.1, -0.05) is 6.07 Å². The first-order chi connectivity index (χ1) is 10.4. The Hall–Kier alpha value is -1.82. The molecule has 1 rings (SSSR count). The molecule has 0 bridgehead atoms. The SMILES string of the molecule is CCOP(=O)(OCC)Oc1ccc(C=CC(=O)O)cc1OC. The van der Waals surface area contributed by atoms with Gasteiger partial charge in [0, 0.05) is 6.08 Å². The van der Waals surface area contributed by atoms with E-state index in [1.165, 1.54) is 19.3 Å². The molecule has 7 nitrogen and oxygen atoms in total. The van der Waals surface area contributed by atoms with E-state index >= 15 is 0 Å². The first-order valence-corrected chi connectivity index (χ1v) is 8.08. The number of ether oxygens (including phenoxy) is 1. The van der Waals surface area contributed by atoms with Crippen LogP contribution in [-0.4, -0.2) is 31.4 Å². The van der Waals surface area contributed by atoms with E-state index in [0.29, 0.717) is 5.56 Å². The van der Waals surface area contributed by atoms with Crippen molar-refractivity contribution >= 4 is 19.9 Å². The first kappa shape index (κ1) is 18.2. The van der Waals surface area contributed by atoms with Gasteiger partial charge in [0.05, 0.1) is 20.3 Å². The van der Waals surface area contributed by atoms with Crippen molar-refractivity contribution in [3.8, 4) is 11.5 Å². The van der Waals surface area contributed by atoms with E-state index in [9.17, 15) is 9.36 Å². The number of carboxylic acid groups (broad SMARTS) is 1. The molecule has 0 saturated carbocycles. The molecule has 8 heteroatoms. The zero-order chi connectivity index (χ0) is 16.6. The lowest BCUT2D eigenvalue weighted by atomic mass is 10.2. The molecule has 22 heavy (non-hydrogen) atoms. The van der Waals surface area contributed by atoms with Crippen LogP contribution >= 0.6 is 7.82 Å². The van der Waals surface area contributed by atoms with E-state index in [2.05, 4.69) is 0 Å². The Kier molecular flexibility index (Phi) is 7.11. The summed E-state index contributed by atoms with van der Waals surface area (Å²) < 4.78 is 32.9. The first-order valence-electron chi connectivity index (χ1n) is 6.61. The molecule has 0 amide bonds. The van der Waals surface area contributed by atoms with Gasteiger partial charge in [-0.2, -0.15) is 0 Å². The van der Waals surface area contributed by atoms with Crippen LogP contribution < -0.4 is 9.26 Å². The zero-order valence-electron chi connectivity index (χ0n) is 12.6. The van der Waals surface area contributed by atoms with Crippen LogP contribution in [-0.2, 0) is 18.4 Å². The Labute approximate surface area is 129 Å². The van der Waals surface area contributed by atoms with Gasteiger partial charge < -0.3 is 14.4 Å². The second-order valence-corrected chi connectivity index (χ2v) is 5.55. The second kappa shape index (κ2) is 8.58. The molecule has 0 fully saturated rings. The molecule has 0 heterocycles. The van der Waals surface area contributed by atoms with Crippen molar-refractivity contribution in [1.29, 1.82) is 0 Å². The number of carbonyl (C=O) groups is 1. The van der Waals surface area contributed by atoms with Gasteiger partial charge in [-0.25, -0.2) is 9.36 Å². The van der Waals surface area contributed by atoms with Gasteiger partial charge in [-0.15, -0.1) is 0 Å². The highest BCUT2D eigenvalue weighted by molar-refractivity contribution is 7.48. The van der Waals surface area contributed by atoms with Crippen LogP contribution in [0.15, 0.2) is 24.3 Å². The third kappa shape index (κ3) is 5.52. The number of hydrogen-bond donors (Lipinski definition) is 1. The fourth-order valence-electron chi connectivity index (χ4n) is 1.56. The molecule has 0 aromatic heterocycles. The number of methoxy groups -OCH3 is 1. The van der Waals surface area contributed by atoms with Crippen molar-refractivity contribution < 1.29 is 32.8 Å². The summed E-state index contributed by atoms with van der Waals surface area (Å²) in [5.41, 5.74) is 0.592. The summed E-state index contributed by atoms with van der Waals surface area (Å²) in [5.74, 6) is -0.594. The lowest BCUT2D eigenvalue weighted by Crippen LogP contribution is -2.03. The van der Waals surface area contributed by atoms with Crippen LogP contribution in [0.5, 0.6) is 11.5 Å². The van der Waals surface area contributed by atoms with Gasteiger partial charge in [-0.3, -0.25) is 9.05 Å². The third-order valence-electron chi connectivity index (χ3n) is 2.39. The molecule has 0 atom stereocenters. The summed E-state index contributed by atoms with van der Waals surface area (Å²) in [7, 11) is -2.30. The van der Waals surface area contributed by atoms with Gasteiger partial charge in [-0.05, 0) is 37.6 Å². The number of rotatable bonds is 9. The number of phosphoric acid groups is 1. The van der Waals surface area contributed by atoms with Crippen molar-refractivity contribution in [2.75, 3.05) is 20.3 Å². The molecule has 0 unspecified atom stereocenters. The fraction of sp³-hybridized carbons (Fsp3) is 0.357. The normalized spacial score (nSPS) is 11.6. The highest BCUT2D eigenvalue weighted by atomic mass is 31.2. The van der Waals surface area contributed by atoms with Crippen LogP contribution in [0.1, 0.15) is 19.4 Å². The molecule has 1 aromatic rings. The summed E-state index contributed by atoms with van der Waals surface area (Å²) in [5, 5.41) is 8.61. The molecule has 0 aliphatic heterocycles. The van der Waals surface area contributed by atoms with Crippen LogP contribution in [0.2, 0.25) is 0 Å². The molecule has 0 radical (unpaired) electrons. The average molecular weight is 330 g/mol. The van der Waals surface area contributed by atoms with Crippen molar-refractivity contribution in [3.05, 3.63) is 29.8 Å². The van der Waals surface area contributed by atoms with Gasteiger partial charge in [0.25, 0.3) is 0 Å². The minimum absolute atomic E-state index is 0.166. The number of carboxylic acids is 1. The zero-order valence-corrected chi connectivity index (χ0v) is 13.5. The molecule has 0 saturated heterocycles. The molecule has 0 aliphatic carbocycles. The smallest absolute Gasteiger partial charge is 0.493 e.